The summed E-state index contributed by atoms with van der Waals surface area (Å²) in [7, 11) is 0. The van der Waals surface area contributed by atoms with Crippen molar-refractivity contribution in [3.8, 4) is 11.6 Å². The van der Waals surface area contributed by atoms with Crippen LogP contribution in [0.15, 0.2) is 36.9 Å². The second kappa shape index (κ2) is 7.68. The Labute approximate surface area is 175 Å². The number of nitrogens with zero attached hydrogens (tertiary/aromatic N) is 4. The fraction of sp³-hybridized carbons (Fsp3) is 0.312. The normalized spacial score (nSPS) is 26.0. The third-order valence-corrected chi connectivity index (χ3v) is 4.43. The number of imidazole rings is 1. The molecule has 1 aliphatic heterocycles. The molecule has 0 amide bonds. The summed E-state index contributed by atoms with van der Waals surface area (Å²) in [5.74, 6) is -0.279. The van der Waals surface area contributed by atoms with Gasteiger partial charge in [-0.3, -0.25) is 4.57 Å². The third-order valence-electron chi connectivity index (χ3n) is 4.43. The first-order valence-electron chi connectivity index (χ1n) is 7.82. The van der Waals surface area contributed by atoms with Gasteiger partial charge in [-0.1, -0.05) is 12.1 Å². The van der Waals surface area contributed by atoms with Gasteiger partial charge in [-0.05, 0) is 17.7 Å². The van der Waals surface area contributed by atoms with Gasteiger partial charge in [-0.2, -0.15) is 4.98 Å². The van der Waals surface area contributed by atoms with Gasteiger partial charge in [0.25, 0.3) is 0 Å². The molecule has 0 unspecified atom stereocenters. The summed E-state index contributed by atoms with van der Waals surface area (Å²) in [6, 6.07) is 5.79. The molecular weight excluding hydrogens is 367 g/mol. The van der Waals surface area contributed by atoms with Gasteiger partial charge < -0.3 is 30.3 Å². The summed E-state index contributed by atoms with van der Waals surface area (Å²) in [4.78, 5) is 11.6. The number of aromatic nitrogens is 4. The molecular formula is C16H17N4NaO6. The van der Waals surface area contributed by atoms with E-state index in [1.165, 1.54) is 35.2 Å². The van der Waals surface area contributed by atoms with Crippen molar-refractivity contribution in [2.45, 2.75) is 30.6 Å². The number of hydrogen-bond acceptors (Lipinski definition) is 9. The molecule has 1 aromatic carbocycles. The minimum atomic E-state index is -1.38. The van der Waals surface area contributed by atoms with E-state index in [2.05, 4.69) is 15.0 Å². The van der Waals surface area contributed by atoms with Crippen LogP contribution in [0.1, 0.15) is 17.9 Å². The van der Waals surface area contributed by atoms with Crippen LogP contribution in [-0.2, 0) is 4.74 Å². The molecule has 3 aromatic rings. The van der Waals surface area contributed by atoms with Gasteiger partial charge in [-0.15, -0.1) is 0 Å². The van der Waals surface area contributed by atoms with E-state index < -0.39 is 30.6 Å². The molecule has 1 aliphatic rings. The van der Waals surface area contributed by atoms with Gasteiger partial charge in [0.2, 0.25) is 5.88 Å². The molecule has 5 N–H and O–H groups in total. The molecule has 0 saturated carbocycles. The van der Waals surface area contributed by atoms with Crippen molar-refractivity contribution in [1.29, 1.82) is 0 Å². The number of aliphatic hydroxyl groups is 3. The van der Waals surface area contributed by atoms with Crippen molar-refractivity contribution < 1.29 is 30.3 Å². The zero-order valence-corrected chi connectivity index (χ0v) is 13.3. The van der Waals surface area contributed by atoms with Crippen molar-refractivity contribution in [2.24, 2.45) is 0 Å². The third kappa shape index (κ3) is 3.41. The standard InChI is InChI=1S/C16H16N4O6.Na.H/c21-8-3-1-7(2-4-8)10(22)13-11(23)12(24)16(26-13)20-6-19-9-14(20)17-5-18-15(9)25;;/h1-6,10-13,16,21-24H,(H,17,18,25);;/t10-,11+,12-,13-,16-;;/m1../s1. The molecule has 0 spiro atoms. The number of aliphatic hydroxyl groups excluding tert-OH is 3. The molecule has 1 saturated heterocycles. The van der Waals surface area contributed by atoms with Gasteiger partial charge in [-0.25, -0.2) is 9.97 Å². The Morgan fingerprint density at radius 3 is 2.41 bits per heavy atom. The maximum absolute atomic E-state index is 10.5. The fourth-order valence-electron chi connectivity index (χ4n) is 3.06. The van der Waals surface area contributed by atoms with Gasteiger partial charge in [0.05, 0.1) is 6.33 Å². The topological polar surface area (TPSA) is 154 Å². The molecule has 10 nitrogen and oxygen atoms in total. The van der Waals surface area contributed by atoms with Crippen LogP contribution in [0.5, 0.6) is 11.6 Å². The fourth-order valence-corrected chi connectivity index (χ4v) is 3.06. The molecule has 27 heavy (non-hydrogen) atoms. The average Bonchev–Trinajstić information content (AvgIpc) is 3.18. The predicted octanol–water partition coefficient (Wildman–Crippen LogP) is -1.06. The first-order chi connectivity index (χ1) is 12.5. The quantitative estimate of drug-likeness (QED) is 0.356. The van der Waals surface area contributed by atoms with Crippen LogP contribution in [0.2, 0.25) is 0 Å². The van der Waals surface area contributed by atoms with Crippen molar-refractivity contribution in [3.63, 3.8) is 0 Å². The monoisotopic (exact) mass is 384 g/mol. The van der Waals surface area contributed by atoms with E-state index in [0.29, 0.717) is 5.56 Å². The molecule has 0 aliphatic carbocycles. The van der Waals surface area contributed by atoms with E-state index in [0.717, 1.165) is 6.33 Å². The number of hydrogen-bond donors (Lipinski definition) is 5. The number of aromatic hydroxyl groups is 2. The Bertz CT molecular complexity index is 936. The number of benzene rings is 1. The van der Waals surface area contributed by atoms with Crippen molar-refractivity contribution in [1.82, 2.24) is 19.5 Å². The van der Waals surface area contributed by atoms with Crippen LogP contribution in [0.25, 0.3) is 11.2 Å². The van der Waals surface area contributed by atoms with Gasteiger partial charge in [0.1, 0.15) is 36.5 Å². The molecule has 138 valence electrons. The summed E-state index contributed by atoms with van der Waals surface area (Å²) in [6.07, 6.45) is -3.72. The number of ether oxygens (including phenoxy) is 1. The molecule has 5 atom stereocenters. The van der Waals surface area contributed by atoms with E-state index in [9.17, 15) is 25.5 Å². The van der Waals surface area contributed by atoms with E-state index in [4.69, 9.17) is 4.74 Å². The van der Waals surface area contributed by atoms with E-state index in [1.54, 1.807) is 0 Å². The average molecular weight is 384 g/mol. The second-order valence-corrected chi connectivity index (χ2v) is 6.03. The Morgan fingerprint density at radius 2 is 1.70 bits per heavy atom. The van der Waals surface area contributed by atoms with Gasteiger partial charge in [0, 0.05) is 0 Å². The van der Waals surface area contributed by atoms with Crippen molar-refractivity contribution >= 4 is 40.7 Å². The number of phenols is 1. The van der Waals surface area contributed by atoms with Crippen LogP contribution in [0.3, 0.4) is 0 Å². The summed E-state index contributed by atoms with van der Waals surface area (Å²) in [5.41, 5.74) is 0.754. The Hall–Kier alpha value is -1.79. The molecule has 1 fully saturated rings. The predicted molar refractivity (Wildman–Crippen MR) is 93.1 cm³/mol. The van der Waals surface area contributed by atoms with Crippen LogP contribution in [0.4, 0.5) is 0 Å². The summed E-state index contributed by atoms with van der Waals surface area (Å²) >= 11 is 0. The van der Waals surface area contributed by atoms with Gasteiger partial charge >= 0.3 is 29.6 Å². The number of fused-ring (bicyclic) bond motifs is 1. The maximum atomic E-state index is 10.5. The van der Waals surface area contributed by atoms with Gasteiger partial charge in [0.15, 0.2) is 17.4 Å². The molecule has 3 heterocycles. The Balaban J connectivity index is 0.00000210. The van der Waals surface area contributed by atoms with Crippen LogP contribution < -0.4 is 0 Å². The summed E-state index contributed by atoms with van der Waals surface area (Å²) in [5, 5.41) is 50.3. The first-order valence-corrected chi connectivity index (χ1v) is 7.82. The molecule has 2 aromatic heterocycles. The molecule has 0 radical (unpaired) electrons. The SMILES string of the molecule is Oc1ccc([C@@H](O)[C@H]2O[C@@H](n3cnc4c(O)ncnc43)[C@H](O)[C@@H]2O)cc1.[NaH]. The molecule has 11 heteroatoms. The zero-order valence-electron chi connectivity index (χ0n) is 13.3. The molecule has 0 bridgehead atoms. The van der Waals surface area contributed by atoms with Crippen LogP contribution >= 0.6 is 0 Å². The Kier molecular flexibility index (Phi) is 5.68. The number of rotatable bonds is 3. The second-order valence-electron chi connectivity index (χ2n) is 6.03. The van der Waals surface area contributed by atoms with Crippen LogP contribution in [0, 0.1) is 0 Å². The van der Waals surface area contributed by atoms with E-state index >= 15 is 0 Å². The van der Waals surface area contributed by atoms with Crippen LogP contribution in [-0.4, -0.2) is 92.9 Å². The van der Waals surface area contributed by atoms with E-state index in [-0.39, 0.29) is 52.4 Å². The zero-order chi connectivity index (χ0) is 18.4. The minimum absolute atomic E-state index is 0. The number of phenolic OH excluding ortho intramolecular Hbond substituents is 1. The first kappa shape index (κ1) is 20.0. The van der Waals surface area contributed by atoms with Crippen molar-refractivity contribution in [3.05, 3.63) is 42.5 Å². The Morgan fingerprint density at radius 1 is 1.00 bits per heavy atom. The summed E-state index contributed by atoms with van der Waals surface area (Å²) in [6.45, 7) is 0. The summed E-state index contributed by atoms with van der Waals surface area (Å²) < 4.78 is 7.05. The molecule has 4 rings (SSSR count). The van der Waals surface area contributed by atoms with Crippen molar-refractivity contribution in [2.75, 3.05) is 0 Å². The van der Waals surface area contributed by atoms with E-state index in [1.807, 2.05) is 0 Å².